The summed E-state index contributed by atoms with van der Waals surface area (Å²) in [5, 5.41) is 15.0. The van der Waals surface area contributed by atoms with Crippen LogP contribution in [0.2, 0.25) is 0 Å². The van der Waals surface area contributed by atoms with Gasteiger partial charge in [0.2, 0.25) is 0 Å². The van der Waals surface area contributed by atoms with Gasteiger partial charge in [-0.15, -0.1) is 0 Å². The van der Waals surface area contributed by atoms with Crippen molar-refractivity contribution in [1.29, 1.82) is 0 Å². The highest BCUT2D eigenvalue weighted by molar-refractivity contribution is 6.02. The number of rotatable bonds is 11. The first-order valence-corrected chi connectivity index (χ1v) is 11.3. The smallest absolute Gasteiger partial charge is 0.328 e. The summed E-state index contributed by atoms with van der Waals surface area (Å²) >= 11 is 0. The number of hydrogen-bond acceptors (Lipinski definition) is 3. The molecule has 0 radical (unpaired) electrons. The molecule has 6 heteroatoms. The minimum atomic E-state index is -0.995. The summed E-state index contributed by atoms with van der Waals surface area (Å²) in [5.74, 6) is -0.995. The van der Waals surface area contributed by atoms with Gasteiger partial charge in [-0.05, 0) is 62.1 Å². The van der Waals surface area contributed by atoms with E-state index in [-0.39, 0.29) is 6.03 Å². The first kappa shape index (κ1) is 25.0. The normalized spacial score (nSPS) is 11.2. The maximum absolute atomic E-state index is 12.8. The van der Waals surface area contributed by atoms with Gasteiger partial charge in [0.05, 0.1) is 11.4 Å². The molecule has 2 aromatic rings. The van der Waals surface area contributed by atoms with E-state index in [9.17, 15) is 9.59 Å². The van der Waals surface area contributed by atoms with E-state index in [1.807, 2.05) is 49.4 Å². The Balaban J connectivity index is 2.37. The lowest BCUT2D eigenvalue weighted by molar-refractivity contribution is -0.131. The molecule has 6 nitrogen and oxygen atoms in total. The first-order chi connectivity index (χ1) is 15.3. The molecule has 172 valence electrons. The van der Waals surface area contributed by atoms with E-state index >= 15 is 0 Å². The van der Waals surface area contributed by atoms with E-state index in [2.05, 4.69) is 29.4 Å². The van der Waals surface area contributed by atoms with E-state index in [1.54, 1.807) is 6.92 Å². The van der Waals surface area contributed by atoms with Crippen molar-refractivity contribution in [2.75, 3.05) is 28.6 Å². The van der Waals surface area contributed by atoms with E-state index in [0.29, 0.717) is 16.9 Å². The zero-order chi connectivity index (χ0) is 23.5. The average Bonchev–Trinajstić information content (AvgIpc) is 2.75. The molecule has 0 aliphatic rings. The number of carboxylic acid groups (broad SMARTS) is 1. The topological polar surface area (TPSA) is 81.7 Å². The SMILES string of the molecule is CCCCN(CCCC)c1ccc(/C(C)=C\C(=O)O)cc1NC(=O)Nc1ccc(C)cc1. The molecule has 0 aliphatic carbocycles. The fraction of sp³-hybridized carbons (Fsp3) is 0.385. The van der Waals surface area contributed by atoms with Gasteiger partial charge in [0.25, 0.3) is 0 Å². The Morgan fingerprint density at radius 2 is 1.59 bits per heavy atom. The largest absolute Gasteiger partial charge is 0.478 e. The molecule has 0 bridgehead atoms. The Morgan fingerprint density at radius 3 is 2.16 bits per heavy atom. The molecule has 2 aromatic carbocycles. The summed E-state index contributed by atoms with van der Waals surface area (Å²) in [7, 11) is 0. The van der Waals surface area contributed by atoms with Crippen molar-refractivity contribution in [2.24, 2.45) is 0 Å². The first-order valence-electron chi connectivity index (χ1n) is 11.3. The summed E-state index contributed by atoms with van der Waals surface area (Å²) in [6.07, 6.45) is 5.45. The molecule has 2 rings (SSSR count). The van der Waals surface area contributed by atoms with Crippen LogP contribution in [-0.2, 0) is 4.79 Å². The van der Waals surface area contributed by atoms with Crippen molar-refractivity contribution >= 4 is 34.6 Å². The Morgan fingerprint density at radius 1 is 0.969 bits per heavy atom. The summed E-state index contributed by atoms with van der Waals surface area (Å²) in [5.41, 5.74) is 4.82. The van der Waals surface area contributed by atoms with Gasteiger partial charge in [-0.25, -0.2) is 9.59 Å². The minimum Gasteiger partial charge on any atom is -0.478 e. The van der Waals surface area contributed by atoms with Gasteiger partial charge >= 0.3 is 12.0 Å². The van der Waals surface area contributed by atoms with Gasteiger partial charge in [-0.3, -0.25) is 0 Å². The van der Waals surface area contributed by atoms with Crippen LogP contribution >= 0.6 is 0 Å². The highest BCUT2D eigenvalue weighted by Gasteiger charge is 2.15. The van der Waals surface area contributed by atoms with Crippen LogP contribution in [0, 0.1) is 6.92 Å². The van der Waals surface area contributed by atoms with E-state index < -0.39 is 5.97 Å². The Labute approximate surface area is 191 Å². The fourth-order valence-electron chi connectivity index (χ4n) is 3.40. The maximum atomic E-state index is 12.8. The van der Waals surface area contributed by atoms with E-state index in [1.165, 1.54) is 6.08 Å². The number of hydrogen-bond donors (Lipinski definition) is 3. The lowest BCUT2D eigenvalue weighted by Gasteiger charge is -2.28. The van der Waals surface area contributed by atoms with Gasteiger partial charge in [-0.2, -0.15) is 0 Å². The molecule has 0 heterocycles. The molecule has 0 aromatic heterocycles. The number of unbranched alkanes of at least 4 members (excludes halogenated alkanes) is 2. The minimum absolute atomic E-state index is 0.335. The van der Waals surface area contributed by atoms with Crippen LogP contribution in [0.1, 0.15) is 57.6 Å². The lowest BCUT2D eigenvalue weighted by Crippen LogP contribution is -2.28. The maximum Gasteiger partial charge on any atom is 0.328 e. The molecule has 0 saturated heterocycles. The molecule has 0 spiro atoms. The number of aryl methyl sites for hydroxylation is 1. The zero-order valence-electron chi connectivity index (χ0n) is 19.6. The summed E-state index contributed by atoms with van der Waals surface area (Å²) in [4.78, 5) is 26.2. The quantitative estimate of drug-likeness (QED) is 0.349. The van der Waals surface area contributed by atoms with Crippen molar-refractivity contribution in [1.82, 2.24) is 0 Å². The van der Waals surface area contributed by atoms with Crippen molar-refractivity contribution in [3.63, 3.8) is 0 Å². The molecular formula is C26H35N3O3. The Bertz CT molecular complexity index is 928. The standard InChI is InChI=1S/C26H35N3O3/c1-5-7-15-29(16-8-6-2)24-14-11-21(20(4)17-25(30)31)18-23(24)28-26(32)27-22-12-9-19(3)10-13-22/h9-14,17-18H,5-8,15-16H2,1-4H3,(H,30,31)(H2,27,28,32)/b20-17-. The van der Waals surface area contributed by atoms with Crippen LogP contribution in [-0.4, -0.2) is 30.2 Å². The number of carbonyl (C=O) groups is 2. The van der Waals surface area contributed by atoms with Crippen LogP contribution in [0.15, 0.2) is 48.5 Å². The van der Waals surface area contributed by atoms with Gasteiger partial charge in [0.15, 0.2) is 0 Å². The van der Waals surface area contributed by atoms with Gasteiger partial charge < -0.3 is 20.6 Å². The number of nitrogens with zero attached hydrogens (tertiary/aromatic N) is 1. The summed E-state index contributed by atoms with van der Waals surface area (Å²) in [6.45, 7) is 9.87. The Kier molecular flexibility index (Phi) is 9.79. The molecule has 0 fully saturated rings. The average molecular weight is 438 g/mol. The second-order valence-corrected chi connectivity index (χ2v) is 8.04. The van der Waals surface area contributed by atoms with Crippen LogP contribution in [0.3, 0.4) is 0 Å². The number of allylic oxidation sites excluding steroid dienone is 1. The fourth-order valence-corrected chi connectivity index (χ4v) is 3.40. The van der Waals surface area contributed by atoms with Crippen molar-refractivity contribution < 1.29 is 14.7 Å². The van der Waals surface area contributed by atoms with Crippen LogP contribution in [0.25, 0.3) is 5.57 Å². The number of nitrogens with one attached hydrogen (secondary N) is 2. The third-order valence-electron chi connectivity index (χ3n) is 5.25. The third kappa shape index (κ3) is 7.76. The summed E-state index contributed by atoms with van der Waals surface area (Å²) in [6, 6.07) is 13.0. The van der Waals surface area contributed by atoms with Gasteiger partial charge in [-0.1, -0.05) is 50.5 Å². The van der Waals surface area contributed by atoms with E-state index in [4.69, 9.17) is 5.11 Å². The molecule has 3 N–H and O–H groups in total. The highest BCUT2D eigenvalue weighted by atomic mass is 16.4. The van der Waals surface area contributed by atoms with Crippen molar-refractivity contribution in [3.8, 4) is 0 Å². The van der Waals surface area contributed by atoms with Gasteiger partial charge in [0.1, 0.15) is 0 Å². The number of aliphatic carboxylic acids is 1. The molecule has 32 heavy (non-hydrogen) atoms. The number of benzene rings is 2. The number of carboxylic acids is 1. The van der Waals surface area contributed by atoms with Gasteiger partial charge in [0, 0.05) is 24.9 Å². The molecule has 0 atom stereocenters. The van der Waals surface area contributed by atoms with E-state index in [0.717, 1.165) is 55.6 Å². The molecule has 0 unspecified atom stereocenters. The predicted octanol–water partition coefficient (Wildman–Crippen LogP) is 6.53. The summed E-state index contributed by atoms with van der Waals surface area (Å²) < 4.78 is 0. The zero-order valence-corrected chi connectivity index (χ0v) is 19.6. The van der Waals surface area contributed by atoms with Crippen LogP contribution in [0.4, 0.5) is 21.9 Å². The van der Waals surface area contributed by atoms with Crippen molar-refractivity contribution in [3.05, 3.63) is 59.7 Å². The Hall–Kier alpha value is -3.28. The second kappa shape index (κ2) is 12.5. The third-order valence-corrected chi connectivity index (χ3v) is 5.25. The number of urea groups is 1. The lowest BCUT2D eigenvalue weighted by atomic mass is 10.0. The molecular weight excluding hydrogens is 402 g/mol. The van der Waals surface area contributed by atoms with Crippen molar-refractivity contribution in [2.45, 2.75) is 53.4 Å². The number of anilines is 3. The molecule has 0 aliphatic heterocycles. The van der Waals surface area contributed by atoms with Crippen LogP contribution in [0.5, 0.6) is 0 Å². The predicted molar refractivity (Wildman–Crippen MR) is 134 cm³/mol. The number of carbonyl (C=O) groups excluding carboxylic acids is 1. The van der Waals surface area contributed by atoms with Crippen LogP contribution < -0.4 is 15.5 Å². The monoisotopic (exact) mass is 437 g/mol. The molecule has 2 amide bonds. The highest BCUT2D eigenvalue weighted by Crippen LogP contribution is 2.31. The second-order valence-electron chi connectivity index (χ2n) is 8.04. The number of amides is 2. The molecule has 0 saturated carbocycles.